The Morgan fingerprint density at radius 2 is 2.09 bits per heavy atom. The van der Waals surface area contributed by atoms with Crippen molar-refractivity contribution in [3.63, 3.8) is 0 Å². The predicted octanol–water partition coefficient (Wildman–Crippen LogP) is 2.44. The van der Waals surface area contributed by atoms with E-state index in [1.165, 1.54) is 0 Å². The van der Waals surface area contributed by atoms with Crippen molar-refractivity contribution in [3.05, 3.63) is 41.2 Å². The molecule has 0 bridgehead atoms. The van der Waals surface area contributed by atoms with Crippen LogP contribution >= 0.6 is 0 Å². The third-order valence-corrected chi connectivity index (χ3v) is 4.05. The second kappa shape index (κ2) is 6.40. The van der Waals surface area contributed by atoms with Gasteiger partial charge in [0, 0.05) is 36.7 Å². The number of furan rings is 1. The van der Waals surface area contributed by atoms with Crippen LogP contribution in [0.4, 0.5) is 5.82 Å². The van der Waals surface area contributed by atoms with E-state index < -0.39 is 0 Å². The van der Waals surface area contributed by atoms with Gasteiger partial charge in [0.2, 0.25) is 0 Å². The highest BCUT2D eigenvalue weighted by Crippen LogP contribution is 2.22. The Labute approximate surface area is 135 Å². The van der Waals surface area contributed by atoms with Crippen LogP contribution < -0.4 is 5.32 Å². The summed E-state index contributed by atoms with van der Waals surface area (Å²) >= 11 is 0. The molecule has 0 atom stereocenters. The minimum atomic E-state index is -0.0494. The first-order valence-electron chi connectivity index (χ1n) is 7.99. The molecule has 1 aliphatic rings. The van der Waals surface area contributed by atoms with Gasteiger partial charge in [0.05, 0.1) is 12.0 Å². The number of nitrogens with zero attached hydrogens (tertiary/aromatic N) is 3. The summed E-state index contributed by atoms with van der Waals surface area (Å²) in [5, 5.41) is 3.37. The number of anilines is 1. The van der Waals surface area contributed by atoms with Gasteiger partial charge >= 0.3 is 0 Å². The van der Waals surface area contributed by atoms with Crippen molar-refractivity contribution in [2.75, 3.05) is 18.4 Å². The van der Waals surface area contributed by atoms with Gasteiger partial charge in [-0.25, -0.2) is 9.97 Å². The maximum atomic E-state index is 12.6. The molecular formula is C17H22N4O2. The summed E-state index contributed by atoms with van der Waals surface area (Å²) in [7, 11) is 0. The minimum Gasteiger partial charge on any atom is -0.459 e. The van der Waals surface area contributed by atoms with Crippen LogP contribution in [0.15, 0.2) is 23.1 Å². The second-order valence-corrected chi connectivity index (χ2v) is 6.17. The molecule has 0 aliphatic carbocycles. The normalized spacial score (nSPS) is 14.5. The molecule has 0 saturated carbocycles. The average molecular weight is 314 g/mol. The van der Waals surface area contributed by atoms with Crippen LogP contribution in [0, 0.1) is 6.92 Å². The second-order valence-electron chi connectivity index (χ2n) is 6.17. The third kappa shape index (κ3) is 3.21. The molecule has 1 amide bonds. The number of aryl methyl sites for hydroxylation is 1. The summed E-state index contributed by atoms with van der Waals surface area (Å²) in [6.07, 6.45) is 4.63. The molecule has 6 nitrogen and oxygen atoms in total. The first-order chi connectivity index (χ1) is 11.1. The Balaban J connectivity index is 1.80. The summed E-state index contributed by atoms with van der Waals surface area (Å²) in [5.41, 5.74) is 3.01. The van der Waals surface area contributed by atoms with Gasteiger partial charge in [0.25, 0.3) is 5.91 Å². The van der Waals surface area contributed by atoms with Gasteiger partial charge in [-0.15, -0.1) is 0 Å². The first-order valence-corrected chi connectivity index (χ1v) is 7.99. The Kier molecular flexibility index (Phi) is 4.32. The van der Waals surface area contributed by atoms with Crippen LogP contribution in [-0.4, -0.2) is 39.9 Å². The van der Waals surface area contributed by atoms with E-state index in [0.717, 1.165) is 35.5 Å². The summed E-state index contributed by atoms with van der Waals surface area (Å²) < 4.78 is 5.34. The van der Waals surface area contributed by atoms with Gasteiger partial charge in [-0.05, 0) is 33.3 Å². The van der Waals surface area contributed by atoms with Gasteiger partial charge in [0.15, 0.2) is 5.76 Å². The third-order valence-electron chi connectivity index (χ3n) is 4.05. The maximum Gasteiger partial charge on any atom is 0.289 e. The van der Waals surface area contributed by atoms with E-state index in [4.69, 9.17) is 4.42 Å². The number of rotatable bonds is 3. The first kappa shape index (κ1) is 15.5. The highest BCUT2D eigenvalue weighted by atomic mass is 16.3. The molecule has 3 rings (SSSR count). The van der Waals surface area contributed by atoms with Crippen LogP contribution in [-0.2, 0) is 12.8 Å². The molecule has 2 aromatic rings. The Morgan fingerprint density at radius 3 is 2.78 bits per heavy atom. The van der Waals surface area contributed by atoms with Crippen LogP contribution in [0.25, 0.3) is 0 Å². The lowest BCUT2D eigenvalue weighted by Gasteiger charge is -2.19. The zero-order valence-corrected chi connectivity index (χ0v) is 13.8. The van der Waals surface area contributed by atoms with Crippen LogP contribution in [0.5, 0.6) is 0 Å². The molecule has 0 fully saturated rings. The van der Waals surface area contributed by atoms with E-state index in [1.54, 1.807) is 12.6 Å². The van der Waals surface area contributed by atoms with Gasteiger partial charge in [0.1, 0.15) is 12.1 Å². The zero-order chi connectivity index (χ0) is 16.4. The zero-order valence-electron chi connectivity index (χ0n) is 13.8. The van der Waals surface area contributed by atoms with Gasteiger partial charge < -0.3 is 14.6 Å². The van der Waals surface area contributed by atoms with Crippen LogP contribution in [0.1, 0.15) is 41.2 Å². The molecule has 23 heavy (non-hydrogen) atoms. The monoisotopic (exact) mass is 314 g/mol. The Morgan fingerprint density at radius 1 is 1.30 bits per heavy atom. The lowest BCUT2D eigenvalue weighted by molar-refractivity contribution is 0.0730. The predicted molar refractivity (Wildman–Crippen MR) is 87.5 cm³/mol. The molecule has 122 valence electrons. The number of hydrogen-bond donors (Lipinski definition) is 1. The fourth-order valence-corrected chi connectivity index (χ4v) is 2.86. The molecule has 1 N–H and O–H groups in total. The molecule has 6 heteroatoms. The molecule has 0 saturated heterocycles. The van der Waals surface area contributed by atoms with Gasteiger partial charge in [-0.1, -0.05) is 0 Å². The van der Waals surface area contributed by atoms with E-state index in [9.17, 15) is 4.79 Å². The quantitative estimate of drug-likeness (QED) is 0.942. The van der Waals surface area contributed by atoms with Crippen LogP contribution in [0.3, 0.4) is 0 Å². The standard InChI is InChI=1S/C17H22N4O2/c1-11(2)20-16-13-4-7-21(8-5-14(13)18-10-19-16)17(22)15-12(3)6-9-23-15/h6,9-11H,4-5,7-8H2,1-3H3,(H,18,19,20). The summed E-state index contributed by atoms with van der Waals surface area (Å²) in [6.45, 7) is 7.34. The summed E-state index contributed by atoms with van der Waals surface area (Å²) in [5.74, 6) is 1.27. The van der Waals surface area contributed by atoms with E-state index in [-0.39, 0.29) is 5.91 Å². The lowest BCUT2D eigenvalue weighted by atomic mass is 10.1. The molecule has 0 aromatic carbocycles. The molecule has 0 radical (unpaired) electrons. The number of fused-ring (bicyclic) bond motifs is 1. The molecular weight excluding hydrogens is 292 g/mol. The van der Waals surface area contributed by atoms with Crippen molar-refractivity contribution in [2.45, 2.75) is 39.7 Å². The highest BCUT2D eigenvalue weighted by Gasteiger charge is 2.25. The molecule has 0 unspecified atom stereocenters. The number of nitrogens with one attached hydrogen (secondary N) is 1. The van der Waals surface area contributed by atoms with Crippen LogP contribution in [0.2, 0.25) is 0 Å². The van der Waals surface area contributed by atoms with Crippen molar-refractivity contribution < 1.29 is 9.21 Å². The van der Waals surface area contributed by atoms with Crippen molar-refractivity contribution in [1.29, 1.82) is 0 Å². The molecule has 0 spiro atoms. The number of hydrogen-bond acceptors (Lipinski definition) is 5. The minimum absolute atomic E-state index is 0.0494. The number of aromatic nitrogens is 2. The molecule has 3 heterocycles. The fraction of sp³-hybridized carbons (Fsp3) is 0.471. The smallest absolute Gasteiger partial charge is 0.289 e. The Hall–Kier alpha value is -2.37. The Bertz CT molecular complexity index is 708. The van der Waals surface area contributed by atoms with Crippen molar-refractivity contribution in [1.82, 2.24) is 14.9 Å². The lowest BCUT2D eigenvalue weighted by Crippen LogP contribution is -2.33. The molecule has 2 aromatic heterocycles. The summed E-state index contributed by atoms with van der Waals surface area (Å²) in [6, 6.07) is 2.12. The van der Waals surface area contributed by atoms with E-state index in [0.29, 0.717) is 24.9 Å². The fourth-order valence-electron chi connectivity index (χ4n) is 2.86. The van der Waals surface area contributed by atoms with E-state index in [1.807, 2.05) is 17.9 Å². The topological polar surface area (TPSA) is 71.3 Å². The van der Waals surface area contributed by atoms with Crippen molar-refractivity contribution >= 4 is 11.7 Å². The highest BCUT2D eigenvalue weighted by molar-refractivity contribution is 5.92. The van der Waals surface area contributed by atoms with Crippen molar-refractivity contribution in [3.8, 4) is 0 Å². The SMILES string of the molecule is Cc1ccoc1C(=O)N1CCc2ncnc(NC(C)C)c2CC1. The van der Waals surface area contributed by atoms with Gasteiger partial charge in [-0.2, -0.15) is 0 Å². The van der Waals surface area contributed by atoms with Crippen molar-refractivity contribution in [2.24, 2.45) is 0 Å². The number of amides is 1. The largest absolute Gasteiger partial charge is 0.459 e. The maximum absolute atomic E-state index is 12.6. The van der Waals surface area contributed by atoms with E-state index >= 15 is 0 Å². The number of carbonyl (C=O) groups excluding carboxylic acids is 1. The van der Waals surface area contributed by atoms with Gasteiger partial charge in [-0.3, -0.25) is 4.79 Å². The molecule has 1 aliphatic heterocycles. The average Bonchev–Trinajstić information content (AvgIpc) is 2.81. The number of carbonyl (C=O) groups is 1. The van der Waals surface area contributed by atoms with E-state index in [2.05, 4.69) is 29.1 Å². The summed E-state index contributed by atoms with van der Waals surface area (Å²) in [4.78, 5) is 23.2.